The molecule has 3 aromatic carbocycles. The van der Waals surface area contributed by atoms with Crippen LogP contribution in [0.25, 0.3) is 5.57 Å². The zero-order valence-corrected chi connectivity index (χ0v) is 22.1. The van der Waals surface area contributed by atoms with E-state index in [1.165, 1.54) is 30.3 Å². The van der Waals surface area contributed by atoms with Crippen molar-refractivity contribution >= 4 is 42.6 Å². The molecule has 0 atom stereocenters. The van der Waals surface area contributed by atoms with Crippen LogP contribution in [0.5, 0.6) is 5.75 Å². The molecule has 4 rings (SSSR count). The van der Waals surface area contributed by atoms with Gasteiger partial charge in [0.1, 0.15) is 26.7 Å². The molecule has 11 heteroatoms. The van der Waals surface area contributed by atoms with Gasteiger partial charge in [-0.25, -0.2) is 0 Å². The van der Waals surface area contributed by atoms with Gasteiger partial charge in [-0.2, -0.15) is 22.1 Å². The van der Waals surface area contributed by atoms with Gasteiger partial charge in [-0.15, -0.1) is 0 Å². The normalized spacial score (nSPS) is 15.9. The molecule has 0 radical (unpaired) electrons. The topological polar surface area (TPSA) is 123 Å². The van der Waals surface area contributed by atoms with Crippen LogP contribution in [0.2, 0.25) is 0 Å². The first kappa shape index (κ1) is 26.2. The summed E-state index contributed by atoms with van der Waals surface area (Å²) in [4.78, 5) is 0.201. The molecule has 0 fully saturated rings. The van der Waals surface area contributed by atoms with Crippen LogP contribution >= 0.6 is 11.8 Å². The minimum absolute atomic E-state index is 0.0645. The van der Waals surface area contributed by atoms with Gasteiger partial charge < -0.3 is 4.18 Å². The van der Waals surface area contributed by atoms with E-state index in [1.807, 2.05) is 38.1 Å². The fraction of sp³-hybridized carbons (Fsp3) is 0.0769. The second-order valence-corrected chi connectivity index (χ2v) is 12.0. The van der Waals surface area contributed by atoms with Crippen molar-refractivity contribution in [2.24, 2.45) is 5.16 Å². The fourth-order valence-corrected chi connectivity index (χ4v) is 5.87. The van der Waals surface area contributed by atoms with Gasteiger partial charge in [-0.05, 0) is 61.4 Å². The van der Waals surface area contributed by atoms with Crippen molar-refractivity contribution in [2.45, 2.75) is 23.6 Å². The zero-order valence-electron chi connectivity index (χ0n) is 19.7. The third-order valence-corrected chi connectivity index (χ3v) is 8.54. The number of rotatable bonds is 7. The predicted molar refractivity (Wildman–Crippen MR) is 142 cm³/mol. The second-order valence-electron chi connectivity index (χ2n) is 7.88. The van der Waals surface area contributed by atoms with E-state index in [4.69, 9.17) is 8.47 Å². The summed E-state index contributed by atoms with van der Waals surface area (Å²) in [7, 11) is -8.56. The van der Waals surface area contributed by atoms with Crippen molar-refractivity contribution < 1.29 is 25.3 Å². The maximum atomic E-state index is 12.7. The van der Waals surface area contributed by atoms with E-state index in [1.54, 1.807) is 24.3 Å². The van der Waals surface area contributed by atoms with Crippen LogP contribution < -0.4 is 4.18 Å². The lowest BCUT2D eigenvalue weighted by atomic mass is 10.0. The molecule has 0 saturated heterocycles. The SMILES string of the molecule is Cc1ccc(S(=O)(=O)Oc2cccc(S(=O)(=O)O/N=C3C=C/C(=C(\C#N)c4ccccc4C)S/3)c2)cc1. The Morgan fingerprint density at radius 3 is 2.30 bits per heavy atom. The van der Waals surface area contributed by atoms with E-state index in [2.05, 4.69) is 11.2 Å². The van der Waals surface area contributed by atoms with Crippen molar-refractivity contribution in [1.82, 2.24) is 0 Å². The third-order valence-electron chi connectivity index (χ3n) is 5.20. The molecule has 1 aliphatic rings. The Balaban J connectivity index is 1.51. The fourth-order valence-electron chi connectivity index (χ4n) is 3.30. The highest BCUT2D eigenvalue weighted by molar-refractivity contribution is 8.18. The third kappa shape index (κ3) is 6.11. The average molecular weight is 553 g/mol. The number of oxime groups is 1. The molecule has 188 valence electrons. The summed E-state index contributed by atoms with van der Waals surface area (Å²) in [6.07, 6.45) is 3.20. The van der Waals surface area contributed by atoms with Crippen molar-refractivity contribution in [2.75, 3.05) is 0 Å². The van der Waals surface area contributed by atoms with Crippen molar-refractivity contribution in [3.63, 3.8) is 0 Å². The summed E-state index contributed by atoms with van der Waals surface area (Å²) in [5.74, 6) is -0.199. The van der Waals surface area contributed by atoms with E-state index in [-0.39, 0.29) is 20.6 Å². The Kier molecular flexibility index (Phi) is 7.54. The van der Waals surface area contributed by atoms with Crippen molar-refractivity contribution in [3.8, 4) is 11.8 Å². The van der Waals surface area contributed by atoms with Gasteiger partial charge in [0.25, 0.3) is 0 Å². The number of nitrogens with zero attached hydrogens (tertiary/aromatic N) is 2. The molecule has 0 saturated carbocycles. The molecule has 1 heterocycles. The van der Waals surface area contributed by atoms with Crippen LogP contribution in [0.4, 0.5) is 0 Å². The molecule has 0 unspecified atom stereocenters. The maximum absolute atomic E-state index is 12.7. The lowest BCUT2D eigenvalue weighted by Gasteiger charge is -2.09. The summed E-state index contributed by atoms with van der Waals surface area (Å²) in [5.41, 5.74) is 3.01. The first-order valence-corrected chi connectivity index (χ1v) is 14.4. The lowest BCUT2D eigenvalue weighted by molar-refractivity contribution is 0.340. The highest BCUT2D eigenvalue weighted by Crippen LogP contribution is 2.35. The molecular weight excluding hydrogens is 532 g/mol. The number of benzene rings is 3. The summed E-state index contributed by atoms with van der Waals surface area (Å²) < 4.78 is 60.5. The van der Waals surface area contributed by atoms with Gasteiger partial charge in [-0.3, -0.25) is 4.28 Å². The van der Waals surface area contributed by atoms with Gasteiger partial charge in [0.15, 0.2) is 0 Å². The average Bonchev–Trinajstić information content (AvgIpc) is 3.33. The maximum Gasteiger partial charge on any atom is 0.358 e. The van der Waals surface area contributed by atoms with E-state index in [0.717, 1.165) is 34.5 Å². The molecule has 8 nitrogen and oxygen atoms in total. The Labute approximate surface area is 219 Å². The first-order valence-electron chi connectivity index (χ1n) is 10.8. The smallest absolute Gasteiger partial charge is 0.358 e. The number of hydrogen-bond donors (Lipinski definition) is 0. The first-order chi connectivity index (χ1) is 17.6. The quantitative estimate of drug-likeness (QED) is 0.219. The molecule has 0 aromatic heterocycles. The summed E-state index contributed by atoms with van der Waals surface area (Å²) in [6, 6.07) is 20.6. The van der Waals surface area contributed by atoms with Crippen LogP contribution in [0.15, 0.2) is 105 Å². The standard InChI is InChI=1S/C26H20N2O6S3/c1-18-10-12-21(13-11-18)36(29,30)33-20-7-5-8-22(16-20)37(31,32)34-28-26-15-14-25(35-26)24(17-27)23-9-4-3-6-19(23)2/h3-16H,1-2H3/b25-24-,28-26-. The summed E-state index contributed by atoms with van der Waals surface area (Å²) in [6.45, 7) is 3.71. The predicted octanol–water partition coefficient (Wildman–Crippen LogP) is 5.33. The van der Waals surface area contributed by atoms with E-state index >= 15 is 0 Å². The highest BCUT2D eigenvalue weighted by atomic mass is 32.2. The molecule has 37 heavy (non-hydrogen) atoms. The highest BCUT2D eigenvalue weighted by Gasteiger charge is 2.22. The van der Waals surface area contributed by atoms with Crippen LogP contribution in [-0.4, -0.2) is 21.9 Å². The van der Waals surface area contributed by atoms with Crippen LogP contribution in [-0.2, 0) is 24.5 Å². The number of hydrogen-bond acceptors (Lipinski definition) is 9. The van der Waals surface area contributed by atoms with Gasteiger partial charge in [0, 0.05) is 11.0 Å². The summed E-state index contributed by atoms with van der Waals surface area (Å²) >= 11 is 1.09. The molecule has 0 spiro atoms. The molecule has 0 bridgehead atoms. The van der Waals surface area contributed by atoms with Gasteiger partial charge in [0.2, 0.25) is 0 Å². The zero-order chi connectivity index (χ0) is 26.6. The number of nitriles is 1. The van der Waals surface area contributed by atoms with Crippen molar-refractivity contribution in [3.05, 3.63) is 107 Å². The molecular formula is C26H20N2O6S3. The van der Waals surface area contributed by atoms with Crippen LogP contribution in [0, 0.1) is 25.2 Å². The molecule has 1 aliphatic heterocycles. The molecule has 0 aliphatic carbocycles. The van der Waals surface area contributed by atoms with E-state index in [0.29, 0.717) is 10.5 Å². The lowest BCUT2D eigenvalue weighted by Crippen LogP contribution is -2.10. The largest absolute Gasteiger partial charge is 0.379 e. The number of allylic oxidation sites excluding steroid dienone is 2. The van der Waals surface area contributed by atoms with E-state index in [9.17, 15) is 22.1 Å². The monoisotopic (exact) mass is 552 g/mol. The van der Waals surface area contributed by atoms with Gasteiger partial charge in [0.05, 0.1) is 5.57 Å². The van der Waals surface area contributed by atoms with Gasteiger partial charge in [-0.1, -0.05) is 64.9 Å². The molecule has 0 N–H and O–H groups in total. The van der Waals surface area contributed by atoms with Crippen LogP contribution in [0.3, 0.4) is 0 Å². The van der Waals surface area contributed by atoms with E-state index < -0.39 is 20.2 Å². The second kappa shape index (κ2) is 10.6. The minimum atomic E-state index is -4.39. The Morgan fingerprint density at radius 2 is 1.59 bits per heavy atom. The summed E-state index contributed by atoms with van der Waals surface area (Å²) in [5, 5.41) is 13.6. The number of thioether (sulfide) groups is 1. The Bertz CT molecular complexity index is 1700. The minimum Gasteiger partial charge on any atom is -0.379 e. The number of aryl methyl sites for hydroxylation is 2. The van der Waals surface area contributed by atoms with Crippen LogP contribution in [0.1, 0.15) is 16.7 Å². The Hall–Kier alpha value is -3.85. The molecule has 0 amide bonds. The Morgan fingerprint density at radius 1 is 0.865 bits per heavy atom. The van der Waals surface area contributed by atoms with Crippen molar-refractivity contribution in [1.29, 1.82) is 5.26 Å². The van der Waals surface area contributed by atoms with Gasteiger partial charge >= 0.3 is 20.2 Å². The molecule has 3 aromatic rings.